The van der Waals surface area contributed by atoms with Crippen LogP contribution in [0.4, 0.5) is 0 Å². The van der Waals surface area contributed by atoms with Crippen LogP contribution in [0.5, 0.6) is 11.5 Å². The zero-order valence-electron chi connectivity index (χ0n) is 17.5. The standard InChI is InChI=1S/C25H26N2O3/c1-25(2,3)19-9-10-20-21(15-19)29-16-22(30-20)24(28)27-23(17-7-5-4-6-8-17)18-11-13-26-14-12-18/h4-15,22-23H,16H2,1-3H3,(H,27,28)/t22-,23-/m0/s1. The average Bonchev–Trinajstić information content (AvgIpc) is 2.77. The van der Waals surface area contributed by atoms with Crippen LogP contribution in [0.25, 0.3) is 0 Å². The largest absolute Gasteiger partial charge is 0.485 e. The van der Waals surface area contributed by atoms with Gasteiger partial charge in [-0.3, -0.25) is 9.78 Å². The predicted octanol–water partition coefficient (Wildman–Crippen LogP) is 4.42. The van der Waals surface area contributed by atoms with E-state index >= 15 is 0 Å². The molecule has 30 heavy (non-hydrogen) atoms. The first-order chi connectivity index (χ1) is 14.4. The second kappa shape index (κ2) is 8.19. The number of benzene rings is 2. The molecule has 1 aliphatic rings. The number of hydrogen-bond acceptors (Lipinski definition) is 4. The van der Waals surface area contributed by atoms with Crippen molar-refractivity contribution in [3.05, 3.63) is 89.7 Å². The number of ether oxygens (including phenoxy) is 2. The van der Waals surface area contributed by atoms with Crippen LogP contribution in [0.2, 0.25) is 0 Å². The van der Waals surface area contributed by atoms with E-state index in [1.807, 2.05) is 60.7 Å². The average molecular weight is 402 g/mol. The predicted molar refractivity (Wildman–Crippen MR) is 116 cm³/mol. The summed E-state index contributed by atoms with van der Waals surface area (Å²) < 4.78 is 11.9. The maximum absolute atomic E-state index is 13.1. The van der Waals surface area contributed by atoms with Gasteiger partial charge in [-0.15, -0.1) is 0 Å². The summed E-state index contributed by atoms with van der Waals surface area (Å²) in [5.41, 5.74) is 3.12. The van der Waals surface area contributed by atoms with Crippen molar-refractivity contribution in [3.63, 3.8) is 0 Å². The monoisotopic (exact) mass is 402 g/mol. The summed E-state index contributed by atoms with van der Waals surface area (Å²) in [6, 6.07) is 19.3. The van der Waals surface area contributed by atoms with E-state index in [4.69, 9.17) is 9.47 Å². The Morgan fingerprint density at radius 1 is 1.00 bits per heavy atom. The molecule has 1 amide bonds. The number of rotatable bonds is 4. The first-order valence-electron chi connectivity index (χ1n) is 10.1. The van der Waals surface area contributed by atoms with Gasteiger partial charge < -0.3 is 14.8 Å². The highest BCUT2D eigenvalue weighted by Crippen LogP contribution is 2.36. The summed E-state index contributed by atoms with van der Waals surface area (Å²) in [6.45, 7) is 6.62. The molecule has 0 spiro atoms. The summed E-state index contributed by atoms with van der Waals surface area (Å²) in [6.07, 6.45) is 2.73. The van der Waals surface area contributed by atoms with Crippen molar-refractivity contribution >= 4 is 5.91 Å². The molecule has 154 valence electrons. The van der Waals surface area contributed by atoms with Crippen LogP contribution < -0.4 is 14.8 Å². The SMILES string of the molecule is CC(C)(C)c1ccc2c(c1)OC[C@@H](C(=O)N[C@@H](c1ccccc1)c1ccncc1)O2. The molecular formula is C25H26N2O3. The highest BCUT2D eigenvalue weighted by atomic mass is 16.6. The van der Waals surface area contributed by atoms with Crippen LogP contribution in [0, 0.1) is 0 Å². The summed E-state index contributed by atoms with van der Waals surface area (Å²) >= 11 is 0. The summed E-state index contributed by atoms with van der Waals surface area (Å²) in [4.78, 5) is 17.1. The van der Waals surface area contributed by atoms with Gasteiger partial charge in [0.2, 0.25) is 6.10 Å². The van der Waals surface area contributed by atoms with Crippen LogP contribution in [0.1, 0.15) is 43.5 Å². The van der Waals surface area contributed by atoms with Crippen molar-refractivity contribution in [1.82, 2.24) is 10.3 Å². The number of amides is 1. The van der Waals surface area contributed by atoms with Crippen LogP contribution >= 0.6 is 0 Å². The van der Waals surface area contributed by atoms with Crippen LogP contribution in [-0.4, -0.2) is 23.6 Å². The highest BCUT2D eigenvalue weighted by Gasteiger charge is 2.30. The van der Waals surface area contributed by atoms with Crippen LogP contribution in [0.3, 0.4) is 0 Å². The molecule has 4 rings (SSSR count). The van der Waals surface area contributed by atoms with Gasteiger partial charge in [0, 0.05) is 12.4 Å². The van der Waals surface area contributed by atoms with Crippen molar-refractivity contribution in [3.8, 4) is 11.5 Å². The lowest BCUT2D eigenvalue weighted by atomic mass is 9.87. The summed E-state index contributed by atoms with van der Waals surface area (Å²) in [7, 11) is 0. The van der Waals surface area contributed by atoms with E-state index in [-0.39, 0.29) is 24.0 Å². The topological polar surface area (TPSA) is 60.5 Å². The van der Waals surface area contributed by atoms with E-state index in [1.165, 1.54) is 0 Å². The molecular weight excluding hydrogens is 376 g/mol. The molecule has 0 unspecified atom stereocenters. The molecule has 1 N–H and O–H groups in total. The molecule has 0 saturated carbocycles. The van der Waals surface area contributed by atoms with Gasteiger partial charge in [-0.25, -0.2) is 0 Å². The van der Waals surface area contributed by atoms with Gasteiger partial charge in [-0.2, -0.15) is 0 Å². The number of pyridine rings is 1. The van der Waals surface area contributed by atoms with Gasteiger partial charge in [0.25, 0.3) is 5.91 Å². The fourth-order valence-electron chi connectivity index (χ4n) is 3.46. The first-order valence-corrected chi connectivity index (χ1v) is 10.1. The van der Waals surface area contributed by atoms with Crippen LogP contribution in [0.15, 0.2) is 73.1 Å². The Hall–Kier alpha value is -3.34. The molecule has 5 nitrogen and oxygen atoms in total. The summed E-state index contributed by atoms with van der Waals surface area (Å²) in [5.74, 6) is 1.06. The highest BCUT2D eigenvalue weighted by molar-refractivity contribution is 5.82. The third-order valence-corrected chi connectivity index (χ3v) is 5.22. The minimum absolute atomic E-state index is 0.0139. The lowest BCUT2D eigenvalue weighted by Crippen LogP contribution is -2.45. The Bertz CT molecular complexity index is 974. The zero-order chi connectivity index (χ0) is 21.1. The van der Waals surface area contributed by atoms with Crippen molar-refractivity contribution in [1.29, 1.82) is 0 Å². The first kappa shape index (κ1) is 20.0. The molecule has 0 radical (unpaired) electrons. The van der Waals surface area contributed by atoms with Crippen molar-refractivity contribution in [2.45, 2.75) is 38.3 Å². The van der Waals surface area contributed by atoms with Gasteiger partial charge in [-0.05, 0) is 46.4 Å². The molecule has 0 bridgehead atoms. The zero-order valence-corrected chi connectivity index (χ0v) is 17.5. The molecule has 0 saturated heterocycles. The van der Waals surface area contributed by atoms with E-state index in [9.17, 15) is 4.79 Å². The Morgan fingerprint density at radius 3 is 2.40 bits per heavy atom. The Kier molecular flexibility index (Phi) is 5.44. The number of carbonyl (C=O) groups is 1. The third kappa shape index (κ3) is 4.30. The van der Waals surface area contributed by atoms with Gasteiger partial charge >= 0.3 is 0 Å². The van der Waals surface area contributed by atoms with Gasteiger partial charge in [-0.1, -0.05) is 57.2 Å². The molecule has 0 fully saturated rings. The Balaban J connectivity index is 1.53. The van der Waals surface area contributed by atoms with E-state index < -0.39 is 6.10 Å². The van der Waals surface area contributed by atoms with Gasteiger partial charge in [0.05, 0.1) is 6.04 Å². The van der Waals surface area contributed by atoms with Crippen molar-refractivity contribution in [2.24, 2.45) is 0 Å². The molecule has 2 atom stereocenters. The molecule has 2 aromatic carbocycles. The number of fused-ring (bicyclic) bond motifs is 1. The minimum Gasteiger partial charge on any atom is -0.485 e. The van der Waals surface area contributed by atoms with Gasteiger partial charge in [0.1, 0.15) is 6.61 Å². The molecule has 3 aromatic rings. The van der Waals surface area contributed by atoms with E-state index in [0.717, 1.165) is 16.7 Å². The maximum Gasteiger partial charge on any atom is 0.265 e. The minimum atomic E-state index is -0.717. The van der Waals surface area contributed by atoms with Crippen molar-refractivity contribution < 1.29 is 14.3 Å². The van der Waals surface area contributed by atoms with Gasteiger partial charge in [0.15, 0.2) is 11.5 Å². The fourth-order valence-corrected chi connectivity index (χ4v) is 3.46. The fraction of sp³-hybridized carbons (Fsp3) is 0.280. The second-order valence-corrected chi connectivity index (χ2v) is 8.46. The Morgan fingerprint density at radius 2 is 1.70 bits per heavy atom. The number of carbonyl (C=O) groups excluding carboxylic acids is 1. The van der Waals surface area contributed by atoms with E-state index in [1.54, 1.807) is 12.4 Å². The van der Waals surface area contributed by atoms with Crippen molar-refractivity contribution in [2.75, 3.05) is 6.61 Å². The third-order valence-electron chi connectivity index (χ3n) is 5.22. The summed E-state index contributed by atoms with van der Waals surface area (Å²) in [5, 5.41) is 3.11. The quantitative estimate of drug-likeness (QED) is 0.702. The molecule has 2 heterocycles. The Labute approximate surface area is 177 Å². The number of hydrogen-bond donors (Lipinski definition) is 1. The number of aromatic nitrogens is 1. The normalized spacial score (nSPS) is 16.6. The molecule has 0 aliphatic carbocycles. The number of nitrogens with zero attached hydrogens (tertiary/aromatic N) is 1. The van der Waals surface area contributed by atoms with E-state index in [0.29, 0.717) is 11.5 Å². The lowest BCUT2D eigenvalue weighted by Gasteiger charge is -2.29. The maximum atomic E-state index is 13.1. The molecule has 1 aromatic heterocycles. The van der Waals surface area contributed by atoms with Crippen LogP contribution in [-0.2, 0) is 10.2 Å². The molecule has 5 heteroatoms. The van der Waals surface area contributed by atoms with E-state index in [2.05, 4.69) is 31.1 Å². The number of nitrogens with one attached hydrogen (secondary N) is 1. The lowest BCUT2D eigenvalue weighted by molar-refractivity contribution is -0.130. The second-order valence-electron chi connectivity index (χ2n) is 8.46. The smallest absolute Gasteiger partial charge is 0.265 e. The molecule has 1 aliphatic heterocycles.